The molecule has 1 heterocycles. The third-order valence-corrected chi connectivity index (χ3v) is 4.20. The summed E-state index contributed by atoms with van der Waals surface area (Å²) in [6.07, 6.45) is 0.149. The molecule has 5 nitrogen and oxygen atoms in total. The van der Waals surface area contributed by atoms with E-state index in [1.165, 1.54) is 11.3 Å². The first-order chi connectivity index (χ1) is 11.6. The van der Waals surface area contributed by atoms with Crippen molar-refractivity contribution in [2.75, 3.05) is 5.32 Å². The highest BCUT2D eigenvalue weighted by Crippen LogP contribution is 2.24. The summed E-state index contributed by atoms with van der Waals surface area (Å²) in [4.78, 5) is 27.4. The lowest BCUT2D eigenvalue weighted by Gasteiger charge is -2.06. The monoisotopic (exact) mass is 337 g/mol. The van der Waals surface area contributed by atoms with Crippen LogP contribution in [0.5, 0.6) is 0 Å². The molecule has 0 bridgehead atoms. The second kappa shape index (κ2) is 7.06. The number of primary amides is 1. The van der Waals surface area contributed by atoms with E-state index in [9.17, 15) is 9.59 Å². The number of aromatic nitrogens is 1. The molecule has 2 aromatic carbocycles. The van der Waals surface area contributed by atoms with Gasteiger partial charge in [-0.15, -0.1) is 11.3 Å². The molecule has 0 aliphatic heterocycles. The zero-order valence-electron chi connectivity index (χ0n) is 12.7. The maximum absolute atomic E-state index is 12.1. The molecule has 0 aliphatic carbocycles. The van der Waals surface area contributed by atoms with Crippen LogP contribution in [0.2, 0.25) is 0 Å². The van der Waals surface area contributed by atoms with Gasteiger partial charge in [-0.3, -0.25) is 9.59 Å². The number of hydrogen-bond donors (Lipinski definition) is 2. The van der Waals surface area contributed by atoms with Crippen LogP contribution in [0.25, 0.3) is 11.3 Å². The highest BCUT2D eigenvalue weighted by Gasteiger charge is 2.08. The van der Waals surface area contributed by atoms with Crippen LogP contribution >= 0.6 is 11.3 Å². The first kappa shape index (κ1) is 15.9. The molecule has 6 heteroatoms. The molecule has 3 N–H and O–H groups in total. The molecule has 0 radical (unpaired) electrons. The standard InChI is InChI=1S/C18H15N3O2S/c19-16(22)10-17-21-15(11-24-17)12-6-8-14(9-7-12)20-18(23)13-4-2-1-3-5-13/h1-9,11H,10H2,(H2,19,22)(H,20,23). The van der Waals surface area contributed by atoms with Gasteiger partial charge in [0.2, 0.25) is 5.91 Å². The average Bonchev–Trinajstić information content (AvgIpc) is 3.04. The first-order valence-corrected chi connectivity index (χ1v) is 8.19. The van der Waals surface area contributed by atoms with Crippen molar-refractivity contribution in [2.24, 2.45) is 5.73 Å². The molecule has 2 amide bonds. The summed E-state index contributed by atoms with van der Waals surface area (Å²) in [6.45, 7) is 0. The van der Waals surface area contributed by atoms with Crippen molar-refractivity contribution >= 4 is 28.8 Å². The van der Waals surface area contributed by atoms with Crippen LogP contribution in [0, 0.1) is 0 Å². The lowest BCUT2D eigenvalue weighted by atomic mass is 10.1. The van der Waals surface area contributed by atoms with E-state index in [2.05, 4.69) is 10.3 Å². The molecule has 0 spiro atoms. The minimum Gasteiger partial charge on any atom is -0.369 e. The SMILES string of the molecule is NC(=O)Cc1nc(-c2ccc(NC(=O)c3ccccc3)cc2)cs1. The van der Waals surface area contributed by atoms with Gasteiger partial charge in [0, 0.05) is 22.2 Å². The minimum atomic E-state index is -0.394. The summed E-state index contributed by atoms with van der Waals surface area (Å²) >= 11 is 1.40. The van der Waals surface area contributed by atoms with Crippen molar-refractivity contribution in [3.8, 4) is 11.3 Å². The van der Waals surface area contributed by atoms with Crippen LogP contribution in [-0.2, 0) is 11.2 Å². The number of carbonyl (C=O) groups excluding carboxylic acids is 2. The lowest BCUT2D eigenvalue weighted by Crippen LogP contribution is -2.13. The van der Waals surface area contributed by atoms with E-state index >= 15 is 0 Å². The van der Waals surface area contributed by atoms with Crippen LogP contribution in [0.15, 0.2) is 60.0 Å². The Bertz CT molecular complexity index is 857. The lowest BCUT2D eigenvalue weighted by molar-refractivity contribution is -0.117. The molecule has 0 unspecified atom stereocenters. The van der Waals surface area contributed by atoms with E-state index in [-0.39, 0.29) is 12.3 Å². The third-order valence-electron chi connectivity index (χ3n) is 3.35. The maximum Gasteiger partial charge on any atom is 0.255 e. The van der Waals surface area contributed by atoms with Gasteiger partial charge in [0.25, 0.3) is 5.91 Å². The molecular formula is C18H15N3O2S. The fourth-order valence-corrected chi connectivity index (χ4v) is 3.00. The number of nitrogens with zero attached hydrogens (tertiary/aromatic N) is 1. The predicted octanol–water partition coefficient (Wildman–Crippen LogP) is 3.09. The molecule has 0 atom stereocenters. The Morgan fingerprint density at radius 3 is 2.42 bits per heavy atom. The van der Waals surface area contributed by atoms with Gasteiger partial charge in [0.1, 0.15) is 5.01 Å². The van der Waals surface area contributed by atoms with E-state index in [1.54, 1.807) is 12.1 Å². The van der Waals surface area contributed by atoms with E-state index in [1.807, 2.05) is 47.8 Å². The molecule has 0 fully saturated rings. The van der Waals surface area contributed by atoms with E-state index in [4.69, 9.17) is 5.73 Å². The number of thiazole rings is 1. The molecule has 24 heavy (non-hydrogen) atoms. The smallest absolute Gasteiger partial charge is 0.255 e. The zero-order chi connectivity index (χ0) is 16.9. The number of amides is 2. The van der Waals surface area contributed by atoms with Gasteiger partial charge in [-0.1, -0.05) is 30.3 Å². The van der Waals surface area contributed by atoms with Crippen LogP contribution in [0.1, 0.15) is 15.4 Å². The summed E-state index contributed by atoms with van der Waals surface area (Å²) in [5.74, 6) is -0.546. The largest absolute Gasteiger partial charge is 0.369 e. The minimum absolute atomic E-state index is 0.149. The fraction of sp³-hybridized carbons (Fsp3) is 0.0556. The van der Waals surface area contributed by atoms with Gasteiger partial charge >= 0.3 is 0 Å². The Balaban J connectivity index is 1.70. The van der Waals surface area contributed by atoms with Crippen molar-refractivity contribution in [3.05, 3.63) is 70.5 Å². The Labute approximate surface area is 143 Å². The van der Waals surface area contributed by atoms with Crippen molar-refractivity contribution in [2.45, 2.75) is 6.42 Å². The normalized spacial score (nSPS) is 10.3. The van der Waals surface area contributed by atoms with Gasteiger partial charge in [-0.25, -0.2) is 4.98 Å². The number of nitrogens with one attached hydrogen (secondary N) is 1. The summed E-state index contributed by atoms with van der Waals surface area (Å²) in [6, 6.07) is 16.4. The topological polar surface area (TPSA) is 85.1 Å². The van der Waals surface area contributed by atoms with Gasteiger partial charge in [0.15, 0.2) is 0 Å². The number of benzene rings is 2. The fourth-order valence-electron chi connectivity index (χ4n) is 2.19. The molecule has 0 saturated carbocycles. The summed E-state index contributed by atoms with van der Waals surface area (Å²) in [5.41, 5.74) is 8.20. The predicted molar refractivity (Wildman–Crippen MR) is 94.8 cm³/mol. The quantitative estimate of drug-likeness (QED) is 0.750. The molecule has 0 aliphatic rings. The van der Waals surface area contributed by atoms with Gasteiger partial charge < -0.3 is 11.1 Å². The Hall–Kier alpha value is -2.99. The zero-order valence-corrected chi connectivity index (χ0v) is 13.5. The maximum atomic E-state index is 12.1. The summed E-state index contributed by atoms with van der Waals surface area (Å²) < 4.78 is 0. The van der Waals surface area contributed by atoms with E-state index < -0.39 is 5.91 Å². The number of carbonyl (C=O) groups is 2. The molecular weight excluding hydrogens is 322 g/mol. The number of anilines is 1. The summed E-state index contributed by atoms with van der Waals surface area (Å²) in [7, 11) is 0. The molecule has 1 aromatic heterocycles. The van der Waals surface area contributed by atoms with E-state index in [0.717, 1.165) is 11.3 Å². The Kier molecular flexibility index (Phi) is 4.67. The van der Waals surface area contributed by atoms with Gasteiger partial charge in [-0.05, 0) is 24.3 Å². The van der Waals surface area contributed by atoms with Crippen LogP contribution < -0.4 is 11.1 Å². The third kappa shape index (κ3) is 3.85. The second-order valence-corrected chi connectivity index (χ2v) is 6.11. The van der Waals surface area contributed by atoms with Crippen LogP contribution in [-0.4, -0.2) is 16.8 Å². The summed E-state index contributed by atoms with van der Waals surface area (Å²) in [5, 5.41) is 5.43. The highest BCUT2D eigenvalue weighted by molar-refractivity contribution is 7.10. The van der Waals surface area contributed by atoms with Crippen LogP contribution in [0.4, 0.5) is 5.69 Å². The molecule has 3 rings (SSSR count). The Morgan fingerprint density at radius 2 is 1.75 bits per heavy atom. The number of rotatable bonds is 5. The Morgan fingerprint density at radius 1 is 1.04 bits per heavy atom. The number of hydrogen-bond acceptors (Lipinski definition) is 4. The van der Waals surface area contributed by atoms with E-state index in [0.29, 0.717) is 16.3 Å². The highest BCUT2D eigenvalue weighted by atomic mass is 32.1. The van der Waals surface area contributed by atoms with Crippen molar-refractivity contribution < 1.29 is 9.59 Å². The molecule has 120 valence electrons. The van der Waals surface area contributed by atoms with Crippen molar-refractivity contribution in [1.29, 1.82) is 0 Å². The van der Waals surface area contributed by atoms with Crippen LogP contribution in [0.3, 0.4) is 0 Å². The molecule has 0 saturated heterocycles. The van der Waals surface area contributed by atoms with Gasteiger partial charge in [-0.2, -0.15) is 0 Å². The molecule has 3 aromatic rings. The van der Waals surface area contributed by atoms with Gasteiger partial charge in [0.05, 0.1) is 12.1 Å². The average molecular weight is 337 g/mol. The van der Waals surface area contributed by atoms with Crippen molar-refractivity contribution in [1.82, 2.24) is 4.98 Å². The number of nitrogens with two attached hydrogens (primary N) is 1. The first-order valence-electron chi connectivity index (χ1n) is 7.31. The second-order valence-electron chi connectivity index (χ2n) is 5.17. The van der Waals surface area contributed by atoms with Crippen molar-refractivity contribution in [3.63, 3.8) is 0 Å².